The summed E-state index contributed by atoms with van der Waals surface area (Å²) in [5.74, 6) is -0.914. The van der Waals surface area contributed by atoms with Crippen LogP contribution in [0.15, 0.2) is 47.4 Å². The molecular formula is C24H28O2S. The lowest BCUT2D eigenvalue weighted by Crippen LogP contribution is -2.33. The van der Waals surface area contributed by atoms with Crippen molar-refractivity contribution in [1.82, 2.24) is 0 Å². The average Bonchev–Trinajstić information content (AvgIpc) is 3.05. The van der Waals surface area contributed by atoms with E-state index in [2.05, 4.69) is 57.3 Å². The molecule has 0 amide bonds. The van der Waals surface area contributed by atoms with E-state index in [0.29, 0.717) is 0 Å². The van der Waals surface area contributed by atoms with Crippen molar-refractivity contribution in [3.8, 4) is 11.1 Å². The van der Waals surface area contributed by atoms with Gasteiger partial charge in [0.05, 0.1) is 0 Å². The van der Waals surface area contributed by atoms with Crippen LogP contribution in [0.5, 0.6) is 0 Å². The number of hydrogen-bond acceptors (Lipinski definition) is 2. The van der Waals surface area contributed by atoms with Crippen LogP contribution < -0.4 is 0 Å². The van der Waals surface area contributed by atoms with Crippen LogP contribution >= 0.6 is 11.3 Å². The Morgan fingerprint density at radius 3 is 2.41 bits per heavy atom. The highest BCUT2D eigenvalue weighted by molar-refractivity contribution is 7.11. The highest BCUT2D eigenvalue weighted by Crippen LogP contribution is 2.47. The Morgan fingerprint density at radius 2 is 1.74 bits per heavy atom. The van der Waals surface area contributed by atoms with Gasteiger partial charge in [0.25, 0.3) is 0 Å². The maximum Gasteiger partial charge on any atom is 0.328 e. The molecule has 142 valence electrons. The number of carboxylic acids is 1. The minimum atomic E-state index is -0.914. The second-order valence-corrected chi connectivity index (χ2v) is 9.73. The zero-order valence-electron chi connectivity index (χ0n) is 16.8. The summed E-state index contributed by atoms with van der Waals surface area (Å²) < 4.78 is 0. The lowest BCUT2D eigenvalue weighted by Gasteiger charge is -2.42. The molecule has 1 aliphatic carbocycles. The number of hydrogen-bond donors (Lipinski definition) is 1. The fourth-order valence-corrected chi connectivity index (χ4v) is 4.70. The summed E-state index contributed by atoms with van der Waals surface area (Å²) in [4.78, 5) is 12.0. The van der Waals surface area contributed by atoms with Crippen LogP contribution in [0.2, 0.25) is 0 Å². The van der Waals surface area contributed by atoms with Gasteiger partial charge in [0.1, 0.15) is 0 Å². The molecule has 0 radical (unpaired) electrons. The Balaban J connectivity index is 2.02. The van der Waals surface area contributed by atoms with Gasteiger partial charge in [-0.15, -0.1) is 11.3 Å². The minimum Gasteiger partial charge on any atom is -0.478 e. The molecule has 1 heterocycles. The third kappa shape index (κ3) is 4.08. The highest BCUT2D eigenvalue weighted by atomic mass is 32.1. The molecule has 0 atom stereocenters. The Bertz CT molecular complexity index is 926. The monoisotopic (exact) mass is 380 g/mol. The quantitative estimate of drug-likeness (QED) is 0.467. The second kappa shape index (κ2) is 7.12. The Labute approximate surface area is 166 Å². The van der Waals surface area contributed by atoms with Crippen LogP contribution in [-0.2, 0) is 15.6 Å². The van der Waals surface area contributed by atoms with Crippen molar-refractivity contribution in [2.45, 2.75) is 58.3 Å². The van der Waals surface area contributed by atoms with Crippen LogP contribution in [0.4, 0.5) is 0 Å². The van der Waals surface area contributed by atoms with Gasteiger partial charge in [0.15, 0.2) is 0 Å². The van der Waals surface area contributed by atoms with Gasteiger partial charge in [0, 0.05) is 11.0 Å². The van der Waals surface area contributed by atoms with Crippen LogP contribution in [0, 0.1) is 0 Å². The first-order chi connectivity index (χ1) is 12.6. The predicted molar refractivity (Wildman–Crippen MR) is 115 cm³/mol. The van der Waals surface area contributed by atoms with Gasteiger partial charge in [0.2, 0.25) is 0 Å². The third-order valence-electron chi connectivity index (χ3n) is 5.71. The molecule has 0 spiro atoms. The van der Waals surface area contributed by atoms with E-state index >= 15 is 0 Å². The number of allylic oxidation sites excluding steroid dienone is 2. The van der Waals surface area contributed by atoms with Gasteiger partial charge in [-0.1, -0.05) is 52.0 Å². The standard InChI is InChI=1S/C24H28O2S/c1-16(14-22(25)26)6-9-21-18(10-13-27-21)17-7-8-19-20(15-17)24(4,5)12-11-23(19,2)3/h6-10,13-15H,11-12H2,1-5H3,(H,25,26)/b9-6+,16-14+. The van der Waals surface area contributed by atoms with Gasteiger partial charge >= 0.3 is 5.97 Å². The van der Waals surface area contributed by atoms with E-state index in [1.54, 1.807) is 18.3 Å². The summed E-state index contributed by atoms with van der Waals surface area (Å²) in [6.45, 7) is 11.2. The number of thiophene rings is 1. The summed E-state index contributed by atoms with van der Waals surface area (Å²) in [5.41, 5.74) is 6.51. The number of carbonyl (C=O) groups is 1. The Kier molecular flexibility index (Phi) is 5.18. The van der Waals surface area contributed by atoms with Crippen LogP contribution in [0.3, 0.4) is 0 Å². The molecule has 0 fully saturated rings. The fourth-order valence-electron chi connectivity index (χ4n) is 3.89. The number of aliphatic carboxylic acids is 1. The van der Waals surface area contributed by atoms with Gasteiger partial charge in [-0.3, -0.25) is 0 Å². The molecule has 27 heavy (non-hydrogen) atoms. The van der Waals surface area contributed by atoms with Crippen LogP contribution in [0.1, 0.15) is 63.5 Å². The summed E-state index contributed by atoms with van der Waals surface area (Å²) in [7, 11) is 0. The molecule has 1 N–H and O–H groups in total. The zero-order chi connectivity index (χ0) is 19.8. The summed E-state index contributed by atoms with van der Waals surface area (Å²) in [5, 5.41) is 11.0. The molecule has 3 heteroatoms. The molecule has 1 aromatic heterocycles. The first-order valence-corrected chi connectivity index (χ1v) is 10.3. The SMILES string of the molecule is CC(/C=C/c1sccc1-c1ccc2c(c1)C(C)(C)CCC2(C)C)=C\C(=O)O. The maximum absolute atomic E-state index is 10.8. The molecule has 1 aromatic carbocycles. The van der Waals surface area contributed by atoms with Crippen molar-refractivity contribution in [2.24, 2.45) is 0 Å². The second-order valence-electron chi connectivity index (χ2n) is 8.79. The molecule has 0 bridgehead atoms. The molecule has 3 rings (SSSR count). The first-order valence-electron chi connectivity index (χ1n) is 9.42. The Morgan fingerprint density at radius 1 is 1.07 bits per heavy atom. The molecular weight excluding hydrogens is 352 g/mol. The summed E-state index contributed by atoms with van der Waals surface area (Å²) in [6, 6.07) is 9.08. The van der Waals surface area contributed by atoms with Gasteiger partial charge in [-0.05, 0) is 75.9 Å². The summed E-state index contributed by atoms with van der Waals surface area (Å²) >= 11 is 1.68. The average molecular weight is 381 g/mol. The summed E-state index contributed by atoms with van der Waals surface area (Å²) in [6.07, 6.45) is 7.53. The van der Waals surface area contributed by atoms with Crippen molar-refractivity contribution in [1.29, 1.82) is 0 Å². The van der Waals surface area contributed by atoms with Gasteiger partial charge < -0.3 is 5.11 Å². The lowest BCUT2D eigenvalue weighted by molar-refractivity contribution is -0.131. The molecule has 0 saturated heterocycles. The first kappa shape index (κ1) is 19.6. The van der Waals surface area contributed by atoms with Gasteiger partial charge in [-0.25, -0.2) is 4.79 Å². The fraction of sp³-hybridized carbons (Fsp3) is 0.375. The minimum absolute atomic E-state index is 0.188. The zero-order valence-corrected chi connectivity index (χ0v) is 17.6. The molecule has 2 aromatic rings. The molecule has 0 unspecified atom stereocenters. The third-order valence-corrected chi connectivity index (χ3v) is 6.59. The van der Waals surface area contributed by atoms with E-state index in [4.69, 9.17) is 5.11 Å². The van der Waals surface area contributed by atoms with Gasteiger partial charge in [-0.2, -0.15) is 0 Å². The van der Waals surface area contributed by atoms with Crippen molar-refractivity contribution in [3.05, 3.63) is 63.4 Å². The Hall–Kier alpha value is -2.13. The predicted octanol–water partition coefficient (Wildman–Crippen LogP) is 6.81. The normalized spacial score (nSPS) is 18.5. The van der Waals surface area contributed by atoms with Crippen LogP contribution in [-0.4, -0.2) is 11.1 Å². The number of benzene rings is 1. The van der Waals surface area contributed by atoms with Crippen molar-refractivity contribution < 1.29 is 9.90 Å². The molecule has 0 saturated carbocycles. The highest BCUT2D eigenvalue weighted by Gasteiger charge is 2.37. The lowest BCUT2D eigenvalue weighted by atomic mass is 9.63. The van der Waals surface area contributed by atoms with E-state index < -0.39 is 5.97 Å². The number of fused-ring (bicyclic) bond motifs is 1. The largest absolute Gasteiger partial charge is 0.478 e. The van der Waals surface area contributed by atoms with Crippen molar-refractivity contribution in [2.75, 3.05) is 0 Å². The molecule has 1 aliphatic rings. The number of carboxylic acid groups (broad SMARTS) is 1. The van der Waals surface area contributed by atoms with E-state index in [-0.39, 0.29) is 10.8 Å². The van der Waals surface area contributed by atoms with E-state index in [9.17, 15) is 4.79 Å². The molecule has 2 nitrogen and oxygen atoms in total. The number of rotatable bonds is 4. The van der Waals surface area contributed by atoms with Crippen LogP contribution in [0.25, 0.3) is 17.2 Å². The van der Waals surface area contributed by atoms with E-state index in [0.717, 1.165) is 10.5 Å². The van der Waals surface area contributed by atoms with Crippen molar-refractivity contribution in [3.63, 3.8) is 0 Å². The van der Waals surface area contributed by atoms with E-state index in [1.165, 1.54) is 41.2 Å². The molecule has 0 aliphatic heterocycles. The maximum atomic E-state index is 10.8. The smallest absolute Gasteiger partial charge is 0.328 e. The topological polar surface area (TPSA) is 37.3 Å². The van der Waals surface area contributed by atoms with Crippen molar-refractivity contribution >= 4 is 23.4 Å². The van der Waals surface area contributed by atoms with E-state index in [1.807, 2.05) is 12.2 Å².